The molecule has 2 rings (SSSR count). The summed E-state index contributed by atoms with van der Waals surface area (Å²) in [4.78, 5) is 12.2. The highest BCUT2D eigenvalue weighted by Crippen LogP contribution is 2.32. The second-order valence-electron chi connectivity index (χ2n) is 5.85. The molecule has 0 aliphatic heterocycles. The maximum Gasteiger partial charge on any atom is 0.243 e. The normalized spacial score (nSPS) is 10.6. The largest absolute Gasteiger partial charge is 0.491 e. The number of nitrogens with one attached hydrogen (secondary N) is 2. The topological polar surface area (TPSA) is 50.4 Å². The van der Waals surface area contributed by atoms with E-state index in [1.54, 1.807) is 0 Å². The van der Waals surface area contributed by atoms with Gasteiger partial charge in [-0.3, -0.25) is 4.79 Å². The van der Waals surface area contributed by atoms with Gasteiger partial charge in [-0.2, -0.15) is 0 Å². The van der Waals surface area contributed by atoms with Crippen molar-refractivity contribution in [1.82, 2.24) is 0 Å². The Morgan fingerprint density at radius 2 is 1.72 bits per heavy atom. The molecule has 0 aromatic heterocycles. The van der Waals surface area contributed by atoms with Gasteiger partial charge in [0.15, 0.2) is 0 Å². The van der Waals surface area contributed by atoms with Gasteiger partial charge in [-0.1, -0.05) is 60.8 Å². The molecule has 0 radical (unpaired) electrons. The van der Waals surface area contributed by atoms with Crippen LogP contribution in [0.15, 0.2) is 36.4 Å². The molecule has 2 aromatic carbocycles. The number of hydrogen-bond acceptors (Lipinski definition) is 3. The molecule has 2 aromatic rings. The van der Waals surface area contributed by atoms with Crippen molar-refractivity contribution in [3.8, 4) is 5.75 Å². The van der Waals surface area contributed by atoms with Crippen LogP contribution in [0.1, 0.15) is 13.8 Å². The molecule has 0 saturated heterocycles. The molecule has 0 aliphatic carbocycles. The van der Waals surface area contributed by atoms with Gasteiger partial charge in [-0.15, -0.1) is 0 Å². The van der Waals surface area contributed by atoms with Crippen molar-refractivity contribution in [2.45, 2.75) is 13.8 Å². The van der Waals surface area contributed by atoms with Crippen LogP contribution in [-0.2, 0) is 4.79 Å². The molecule has 0 unspecified atom stereocenters. The Morgan fingerprint density at radius 1 is 1.04 bits per heavy atom. The van der Waals surface area contributed by atoms with Gasteiger partial charge in [0.1, 0.15) is 5.75 Å². The minimum absolute atomic E-state index is 0.0542. The molecule has 1 amide bonds. The Labute approximate surface area is 162 Å². The van der Waals surface area contributed by atoms with Crippen molar-refractivity contribution in [2.24, 2.45) is 5.92 Å². The zero-order valence-electron chi connectivity index (χ0n) is 13.9. The molecular formula is C18H19Cl3N2O2. The van der Waals surface area contributed by atoms with E-state index in [4.69, 9.17) is 39.5 Å². The van der Waals surface area contributed by atoms with Crippen LogP contribution in [-0.4, -0.2) is 19.1 Å². The first-order valence-electron chi connectivity index (χ1n) is 7.77. The summed E-state index contributed by atoms with van der Waals surface area (Å²) in [6, 6.07) is 10.5. The number of rotatable bonds is 7. The molecule has 0 fully saturated rings. The first kappa shape index (κ1) is 19.7. The van der Waals surface area contributed by atoms with E-state index >= 15 is 0 Å². The van der Waals surface area contributed by atoms with Crippen LogP contribution in [0.2, 0.25) is 15.1 Å². The minimum Gasteiger partial charge on any atom is -0.491 e. The maximum atomic E-state index is 12.2. The average Bonchev–Trinajstić information content (AvgIpc) is 2.56. The number of ether oxygens (including phenoxy) is 1. The van der Waals surface area contributed by atoms with E-state index in [1.807, 2.05) is 24.3 Å². The standard InChI is InChI=1S/C18H19Cl3N2O2/c1-11(2)10-25-17-6-4-3-5-15(17)22-9-18(24)23-16-8-13(20)12(19)7-14(16)21/h3-8,11,22H,9-10H2,1-2H3,(H,23,24). The molecule has 0 aliphatic rings. The van der Waals surface area contributed by atoms with Crippen LogP contribution >= 0.6 is 34.8 Å². The number of para-hydroxylation sites is 2. The number of carbonyl (C=O) groups is 1. The van der Waals surface area contributed by atoms with Crippen LogP contribution in [0.3, 0.4) is 0 Å². The fraction of sp³-hybridized carbons (Fsp3) is 0.278. The number of anilines is 2. The highest BCUT2D eigenvalue weighted by molar-refractivity contribution is 6.44. The lowest BCUT2D eigenvalue weighted by Crippen LogP contribution is -2.22. The monoisotopic (exact) mass is 400 g/mol. The lowest BCUT2D eigenvalue weighted by Gasteiger charge is -2.15. The Morgan fingerprint density at radius 3 is 2.44 bits per heavy atom. The lowest BCUT2D eigenvalue weighted by atomic mass is 10.2. The predicted molar refractivity (Wildman–Crippen MR) is 105 cm³/mol. The summed E-state index contributed by atoms with van der Waals surface area (Å²) in [7, 11) is 0. The Balaban J connectivity index is 1.98. The number of halogens is 3. The van der Waals surface area contributed by atoms with Crippen LogP contribution < -0.4 is 15.4 Å². The van der Waals surface area contributed by atoms with Crippen LogP contribution in [0, 0.1) is 5.92 Å². The minimum atomic E-state index is -0.265. The molecule has 0 saturated carbocycles. The molecule has 4 nitrogen and oxygen atoms in total. The summed E-state index contributed by atoms with van der Waals surface area (Å²) in [6.45, 7) is 4.80. The van der Waals surface area contributed by atoms with E-state index in [0.717, 1.165) is 5.69 Å². The lowest BCUT2D eigenvalue weighted by molar-refractivity contribution is -0.114. The first-order valence-corrected chi connectivity index (χ1v) is 8.90. The van der Waals surface area contributed by atoms with Crippen molar-refractivity contribution in [3.05, 3.63) is 51.5 Å². The maximum absolute atomic E-state index is 12.2. The zero-order valence-corrected chi connectivity index (χ0v) is 16.2. The van der Waals surface area contributed by atoms with E-state index in [2.05, 4.69) is 24.5 Å². The molecule has 2 N–H and O–H groups in total. The summed E-state index contributed by atoms with van der Waals surface area (Å²) in [6.07, 6.45) is 0. The second-order valence-corrected chi connectivity index (χ2v) is 7.07. The smallest absolute Gasteiger partial charge is 0.243 e. The van der Waals surface area contributed by atoms with E-state index in [1.165, 1.54) is 12.1 Å². The van der Waals surface area contributed by atoms with Gasteiger partial charge in [0.2, 0.25) is 5.91 Å². The van der Waals surface area contributed by atoms with Gasteiger partial charge in [-0.05, 0) is 30.2 Å². The van der Waals surface area contributed by atoms with Gasteiger partial charge < -0.3 is 15.4 Å². The molecule has 0 atom stereocenters. The zero-order chi connectivity index (χ0) is 18.4. The van der Waals surface area contributed by atoms with Crippen LogP contribution in [0.4, 0.5) is 11.4 Å². The number of benzene rings is 2. The van der Waals surface area contributed by atoms with Crippen molar-refractivity contribution in [3.63, 3.8) is 0 Å². The molecule has 25 heavy (non-hydrogen) atoms. The molecular weight excluding hydrogens is 383 g/mol. The molecule has 7 heteroatoms. The fourth-order valence-electron chi connectivity index (χ4n) is 1.98. The molecule has 0 heterocycles. The quantitative estimate of drug-likeness (QED) is 0.582. The van der Waals surface area contributed by atoms with E-state index in [9.17, 15) is 4.79 Å². The fourth-order valence-corrected chi connectivity index (χ4v) is 2.58. The summed E-state index contributed by atoms with van der Waals surface area (Å²) in [5.74, 6) is 0.851. The number of carbonyl (C=O) groups excluding carboxylic acids is 1. The van der Waals surface area contributed by atoms with E-state index < -0.39 is 0 Å². The third-order valence-corrected chi connectivity index (χ3v) is 4.22. The number of amides is 1. The Hall–Kier alpha value is -1.62. The summed E-state index contributed by atoms with van der Waals surface area (Å²) >= 11 is 17.9. The third-order valence-electron chi connectivity index (χ3n) is 3.18. The summed E-state index contributed by atoms with van der Waals surface area (Å²) in [5.41, 5.74) is 1.16. The van der Waals surface area contributed by atoms with Crippen molar-refractivity contribution in [2.75, 3.05) is 23.8 Å². The van der Waals surface area contributed by atoms with Gasteiger partial charge in [0, 0.05) is 0 Å². The van der Waals surface area contributed by atoms with Crippen LogP contribution in [0.25, 0.3) is 0 Å². The highest BCUT2D eigenvalue weighted by atomic mass is 35.5. The van der Waals surface area contributed by atoms with Gasteiger partial charge in [0.25, 0.3) is 0 Å². The van der Waals surface area contributed by atoms with E-state index in [-0.39, 0.29) is 12.5 Å². The summed E-state index contributed by atoms with van der Waals surface area (Å²) in [5, 5.41) is 6.74. The van der Waals surface area contributed by atoms with E-state index in [0.29, 0.717) is 39.0 Å². The molecule has 134 valence electrons. The van der Waals surface area contributed by atoms with Crippen molar-refractivity contribution < 1.29 is 9.53 Å². The van der Waals surface area contributed by atoms with Gasteiger partial charge in [-0.25, -0.2) is 0 Å². The van der Waals surface area contributed by atoms with Gasteiger partial charge in [0.05, 0.1) is 39.6 Å². The predicted octanol–water partition coefficient (Wildman–Crippen LogP) is 5.73. The average molecular weight is 402 g/mol. The number of hydrogen-bond donors (Lipinski definition) is 2. The first-order chi connectivity index (χ1) is 11.9. The highest BCUT2D eigenvalue weighted by Gasteiger charge is 2.10. The van der Waals surface area contributed by atoms with Gasteiger partial charge >= 0.3 is 0 Å². The third kappa shape index (κ3) is 5.99. The summed E-state index contributed by atoms with van der Waals surface area (Å²) < 4.78 is 5.75. The second kappa shape index (κ2) is 9.18. The Kier molecular flexibility index (Phi) is 7.24. The van der Waals surface area contributed by atoms with Crippen molar-refractivity contribution >= 4 is 52.1 Å². The SMILES string of the molecule is CC(C)COc1ccccc1NCC(=O)Nc1cc(Cl)c(Cl)cc1Cl. The van der Waals surface area contributed by atoms with Crippen molar-refractivity contribution in [1.29, 1.82) is 0 Å². The molecule has 0 bridgehead atoms. The Bertz CT molecular complexity index is 751. The van der Waals surface area contributed by atoms with Crippen LogP contribution in [0.5, 0.6) is 5.75 Å². The molecule has 0 spiro atoms.